The van der Waals surface area contributed by atoms with Crippen molar-refractivity contribution in [2.75, 3.05) is 18.5 Å². The van der Waals surface area contributed by atoms with Gasteiger partial charge in [-0.05, 0) is 25.5 Å². The molecule has 21 heavy (non-hydrogen) atoms. The van der Waals surface area contributed by atoms with Gasteiger partial charge in [-0.1, -0.05) is 17.7 Å². The third kappa shape index (κ3) is 2.58. The Morgan fingerprint density at radius 3 is 3.14 bits per heavy atom. The molecule has 3 rings (SSSR count). The van der Waals surface area contributed by atoms with Gasteiger partial charge in [0.1, 0.15) is 11.0 Å². The summed E-state index contributed by atoms with van der Waals surface area (Å²) in [5.74, 6) is 0.344. The lowest BCUT2D eigenvalue weighted by atomic mass is 10.1. The van der Waals surface area contributed by atoms with Gasteiger partial charge in [-0.15, -0.1) is 0 Å². The molecule has 0 bridgehead atoms. The van der Waals surface area contributed by atoms with E-state index in [2.05, 4.69) is 15.4 Å². The van der Waals surface area contributed by atoms with E-state index in [1.54, 1.807) is 23.7 Å². The van der Waals surface area contributed by atoms with Gasteiger partial charge in [0.15, 0.2) is 5.69 Å². The second kappa shape index (κ2) is 5.73. The molecule has 3 heterocycles. The number of rotatable bonds is 3. The van der Waals surface area contributed by atoms with Crippen LogP contribution in [0.3, 0.4) is 0 Å². The van der Waals surface area contributed by atoms with Crippen LogP contribution in [-0.4, -0.2) is 33.9 Å². The number of fused-ring (bicyclic) bond motifs is 1. The predicted molar refractivity (Wildman–Crippen MR) is 79.5 cm³/mol. The van der Waals surface area contributed by atoms with Crippen LogP contribution in [0.4, 0.5) is 5.82 Å². The topological polar surface area (TPSA) is 69.0 Å². The van der Waals surface area contributed by atoms with Crippen LogP contribution < -0.4 is 5.32 Å². The lowest BCUT2D eigenvalue weighted by molar-refractivity contribution is 0.0519. The minimum atomic E-state index is -0.446. The van der Waals surface area contributed by atoms with E-state index in [0.29, 0.717) is 23.0 Å². The number of carbonyl (C=O) groups is 1. The van der Waals surface area contributed by atoms with E-state index in [1.807, 2.05) is 6.07 Å². The first-order valence-electron chi connectivity index (χ1n) is 6.85. The minimum absolute atomic E-state index is 0.274. The monoisotopic (exact) mass is 306 g/mol. The number of carbonyl (C=O) groups excluding carboxylic acids is 1. The van der Waals surface area contributed by atoms with Gasteiger partial charge in [-0.3, -0.25) is 0 Å². The average molecular weight is 307 g/mol. The second-order valence-electron chi connectivity index (χ2n) is 4.64. The fourth-order valence-electron chi connectivity index (χ4n) is 2.37. The summed E-state index contributed by atoms with van der Waals surface area (Å²) in [6.07, 6.45) is 0.958. The smallest absolute Gasteiger partial charge is 0.359 e. The van der Waals surface area contributed by atoms with E-state index in [9.17, 15) is 4.79 Å². The number of nitrogens with one attached hydrogen (secondary N) is 1. The number of halogens is 1. The number of hydrogen-bond donors (Lipinski definition) is 1. The fourth-order valence-corrected chi connectivity index (χ4v) is 2.54. The summed E-state index contributed by atoms with van der Waals surface area (Å²) in [5, 5.41) is 8.02. The highest BCUT2D eigenvalue weighted by Gasteiger charge is 2.27. The van der Waals surface area contributed by atoms with Crippen molar-refractivity contribution in [3.05, 3.63) is 29.0 Å². The third-order valence-corrected chi connectivity index (χ3v) is 3.44. The number of ether oxygens (including phenoxy) is 1. The van der Waals surface area contributed by atoms with Crippen LogP contribution >= 0.6 is 11.6 Å². The summed E-state index contributed by atoms with van der Waals surface area (Å²) in [4.78, 5) is 16.4. The summed E-state index contributed by atoms with van der Waals surface area (Å²) < 4.78 is 6.88. The molecule has 0 aromatic carbocycles. The van der Waals surface area contributed by atoms with E-state index in [-0.39, 0.29) is 5.69 Å². The van der Waals surface area contributed by atoms with Crippen molar-refractivity contribution in [1.82, 2.24) is 14.8 Å². The van der Waals surface area contributed by atoms with Gasteiger partial charge in [0.25, 0.3) is 0 Å². The standard InChI is InChI=1S/C14H15ClN4O2/c1-2-21-14(20)12-11(9-5-3-6-10(15)17-9)13-16-7-4-8-19(13)18-12/h3,5-6,16H,2,4,7-8H2,1H3. The van der Waals surface area contributed by atoms with Crippen molar-refractivity contribution < 1.29 is 9.53 Å². The number of aromatic nitrogens is 3. The first-order chi connectivity index (χ1) is 10.2. The Hall–Kier alpha value is -2.08. The van der Waals surface area contributed by atoms with Gasteiger partial charge < -0.3 is 10.1 Å². The summed E-state index contributed by atoms with van der Waals surface area (Å²) in [5.41, 5.74) is 1.54. The number of anilines is 1. The largest absolute Gasteiger partial charge is 0.461 e. The molecule has 0 saturated carbocycles. The molecule has 0 fully saturated rings. The van der Waals surface area contributed by atoms with Crippen LogP contribution in [0.2, 0.25) is 5.15 Å². The first kappa shape index (κ1) is 13.9. The summed E-state index contributed by atoms with van der Waals surface area (Å²) >= 11 is 5.96. The molecule has 0 unspecified atom stereocenters. The lowest BCUT2D eigenvalue weighted by Crippen LogP contribution is -2.17. The normalized spacial score (nSPS) is 13.4. The quantitative estimate of drug-likeness (QED) is 0.697. The maximum Gasteiger partial charge on any atom is 0.359 e. The maximum absolute atomic E-state index is 12.2. The molecule has 110 valence electrons. The van der Waals surface area contributed by atoms with Crippen molar-refractivity contribution in [1.29, 1.82) is 0 Å². The second-order valence-corrected chi connectivity index (χ2v) is 5.03. The molecule has 0 radical (unpaired) electrons. The zero-order chi connectivity index (χ0) is 14.8. The molecule has 7 heteroatoms. The summed E-state index contributed by atoms with van der Waals surface area (Å²) in [6, 6.07) is 5.30. The first-order valence-corrected chi connectivity index (χ1v) is 7.23. The van der Waals surface area contributed by atoms with Crippen molar-refractivity contribution in [2.45, 2.75) is 19.9 Å². The van der Waals surface area contributed by atoms with Gasteiger partial charge >= 0.3 is 5.97 Å². The molecule has 1 aliphatic rings. The molecular formula is C14H15ClN4O2. The molecule has 2 aromatic rings. The van der Waals surface area contributed by atoms with Crippen molar-refractivity contribution in [3.8, 4) is 11.3 Å². The molecule has 2 aromatic heterocycles. The molecule has 6 nitrogen and oxygen atoms in total. The Kier molecular flexibility index (Phi) is 3.79. The Balaban J connectivity index is 2.16. The van der Waals surface area contributed by atoms with Crippen molar-refractivity contribution >= 4 is 23.4 Å². The van der Waals surface area contributed by atoms with Gasteiger partial charge in [0.05, 0.1) is 17.9 Å². The van der Waals surface area contributed by atoms with Crippen molar-refractivity contribution in [3.63, 3.8) is 0 Å². The zero-order valence-corrected chi connectivity index (χ0v) is 12.4. The van der Waals surface area contributed by atoms with E-state index in [4.69, 9.17) is 16.3 Å². The van der Waals surface area contributed by atoms with E-state index in [1.165, 1.54) is 0 Å². The minimum Gasteiger partial charge on any atom is -0.461 e. The highest BCUT2D eigenvalue weighted by molar-refractivity contribution is 6.29. The number of aryl methyl sites for hydroxylation is 1. The molecule has 0 spiro atoms. The summed E-state index contributed by atoms with van der Waals surface area (Å²) in [6.45, 7) is 3.66. The van der Waals surface area contributed by atoms with Gasteiger partial charge in [0, 0.05) is 13.1 Å². The fraction of sp³-hybridized carbons (Fsp3) is 0.357. The van der Waals surface area contributed by atoms with E-state index < -0.39 is 5.97 Å². The molecule has 0 atom stereocenters. The molecular weight excluding hydrogens is 292 g/mol. The molecule has 1 N–H and O–H groups in total. The van der Waals surface area contributed by atoms with Crippen LogP contribution in [0.1, 0.15) is 23.8 Å². The highest BCUT2D eigenvalue weighted by Crippen LogP contribution is 2.33. The van der Waals surface area contributed by atoms with Gasteiger partial charge in [0.2, 0.25) is 0 Å². The van der Waals surface area contributed by atoms with Crippen LogP contribution in [0.5, 0.6) is 0 Å². The third-order valence-electron chi connectivity index (χ3n) is 3.23. The highest BCUT2D eigenvalue weighted by atomic mass is 35.5. The number of pyridine rings is 1. The van der Waals surface area contributed by atoms with Gasteiger partial charge in [-0.25, -0.2) is 14.5 Å². The number of hydrogen-bond acceptors (Lipinski definition) is 5. The zero-order valence-electron chi connectivity index (χ0n) is 11.6. The molecule has 0 aliphatic carbocycles. The number of nitrogens with zero attached hydrogens (tertiary/aromatic N) is 3. The SMILES string of the molecule is CCOC(=O)c1nn2c(c1-c1cccc(Cl)n1)NCCC2. The molecule has 1 aliphatic heterocycles. The summed E-state index contributed by atoms with van der Waals surface area (Å²) in [7, 11) is 0. The maximum atomic E-state index is 12.2. The Bertz CT molecular complexity index is 684. The molecule has 0 saturated heterocycles. The predicted octanol–water partition coefficient (Wildman–Crippen LogP) is 2.59. The lowest BCUT2D eigenvalue weighted by Gasteiger charge is -2.16. The van der Waals surface area contributed by atoms with Crippen LogP contribution in [-0.2, 0) is 11.3 Å². The molecule has 0 amide bonds. The Labute approximate surface area is 127 Å². The average Bonchev–Trinajstić information content (AvgIpc) is 2.87. The Morgan fingerprint density at radius 2 is 2.38 bits per heavy atom. The number of esters is 1. The Morgan fingerprint density at radius 1 is 1.52 bits per heavy atom. The van der Waals surface area contributed by atoms with E-state index in [0.717, 1.165) is 25.3 Å². The van der Waals surface area contributed by atoms with Crippen LogP contribution in [0.15, 0.2) is 18.2 Å². The van der Waals surface area contributed by atoms with Gasteiger partial charge in [-0.2, -0.15) is 5.10 Å². The van der Waals surface area contributed by atoms with Crippen molar-refractivity contribution in [2.24, 2.45) is 0 Å². The van der Waals surface area contributed by atoms with Crippen LogP contribution in [0, 0.1) is 0 Å². The van der Waals surface area contributed by atoms with Crippen LogP contribution in [0.25, 0.3) is 11.3 Å². The van der Waals surface area contributed by atoms with E-state index >= 15 is 0 Å².